The van der Waals surface area contributed by atoms with Gasteiger partial charge in [0.15, 0.2) is 0 Å². The Balaban J connectivity index is 2.90. The lowest BCUT2D eigenvalue weighted by molar-refractivity contribution is 0.0697. The van der Waals surface area contributed by atoms with Crippen LogP contribution in [0.4, 0.5) is 5.82 Å². The SMILES string of the molecule is N#CCCc1ccc(C(=O)O)c(N)n1. The van der Waals surface area contributed by atoms with E-state index in [2.05, 4.69) is 4.98 Å². The molecule has 0 atom stereocenters. The zero-order valence-corrected chi connectivity index (χ0v) is 7.40. The smallest absolute Gasteiger partial charge is 0.339 e. The standard InChI is InChI=1S/C9H9N3O2/c10-5-1-2-6-3-4-7(9(13)14)8(11)12-6/h3-4H,1-2H2,(H2,11,12)(H,13,14). The van der Waals surface area contributed by atoms with Crippen LogP contribution in [0.2, 0.25) is 0 Å². The largest absolute Gasteiger partial charge is 0.478 e. The molecule has 0 fully saturated rings. The van der Waals surface area contributed by atoms with Crippen molar-refractivity contribution in [3.05, 3.63) is 23.4 Å². The van der Waals surface area contributed by atoms with E-state index in [0.29, 0.717) is 18.5 Å². The Hall–Kier alpha value is -2.09. The number of carboxylic acids is 1. The van der Waals surface area contributed by atoms with Crippen molar-refractivity contribution in [2.75, 3.05) is 5.73 Å². The van der Waals surface area contributed by atoms with Crippen LogP contribution in [0.5, 0.6) is 0 Å². The minimum atomic E-state index is -1.10. The summed E-state index contributed by atoms with van der Waals surface area (Å²) in [5.74, 6) is -1.10. The van der Waals surface area contributed by atoms with E-state index < -0.39 is 5.97 Å². The summed E-state index contributed by atoms with van der Waals surface area (Å²) < 4.78 is 0. The van der Waals surface area contributed by atoms with Crippen LogP contribution in [-0.4, -0.2) is 16.1 Å². The molecular weight excluding hydrogens is 182 g/mol. The van der Waals surface area contributed by atoms with E-state index >= 15 is 0 Å². The Morgan fingerprint density at radius 3 is 2.86 bits per heavy atom. The Morgan fingerprint density at radius 1 is 1.64 bits per heavy atom. The number of nitrogens with zero attached hydrogens (tertiary/aromatic N) is 2. The zero-order chi connectivity index (χ0) is 10.6. The molecule has 3 N–H and O–H groups in total. The first kappa shape index (κ1) is 9.99. The van der Waals surface area contributed by atoms with Crippen molar-refractivity contribution in [1.82, 2.24) is 4.98 Å². The van der Waals surface area contributed by atoms with Gasteiger partial charge in [0, 0.05) is 18.5 Å². The normalized spacial score (nSPS) is 9.36. The van der Waals surface area contributed by atoms with Gasteiger partial charge in [0.05, 0.1) is 6.07 Å². The lowest BCUT2D eigenvalue weighted by Gasteiger charge is -2.01. The van der Waals surface area contributed by atoms with Crippen molar-refractivity contribution in [3.8, 4) is 6.07 Å². The first-order valence-electron chi connectivity index (χ1n) is 4.01. The van der Waals surface area contributed by atoms with Crippen LogP contribution < -0.4 is 5.73 Å². The summed E-state index contributed by atoms with van der Waals surface area (Å²) in [5.41, 5.74) is 6.04. The summed E-state index contributed by atoms with van der Waals surface area (Å²) in [6.07, 6.45) is 0.833. The molecule has 5 nitrogen and oxygen atoms in total. The third-order valence-corrected chi connectivity index (χ3v) is 1.71. The first-order valence-corrected chi connectivity index (χ1v) is 4.01. The highest BCUT2D eigenvalue weighted by Crippen LogP contribution is 2.10. The average molecular weight is 191 g/mol. The van der Waals surface area contributed by atoms with Crippen LogP contribution in [0.1, 0.15) is 22.5 Å². The van der Waals surface area contributed by atoms with E-state index in [1.54, 1.807) is 6.07 Å². The van der Waals surface area contributed by atoms with Crippen LogP contribution in [0.3, 0.4) is 0 Å². The Kier molecular flexibility index (Phi) is 3.02. The predicted octanol–water partition coefficient (Wildman–Crippen LogP) is 0.818. The van der Waals surface area contributed by atoms with Gasteiger partial charge in [-0.25, -0.2) is 9.78 Å². The molecule has 1 heterocycles. The highest BCUT2D eigenvalue weighted by Gasteiger charge is 2.08. The maximum Gasteiger partial charge on any atom is 0.339 e. The number of aryl methyl sites for hydroxylation is 1. The maximum atomic E-state index is 10.6. The number of aromatic carboxylic acids is 1. The van der Waals surface area contributed by atoms with Crippen LogP contribution >= 0.6 is 0 Å². The molecule has 0 saturated carbocycles. The summed E-state index contributed by atoms with van der Waals surface area (Å²) in [4.78, 5) is 14.5. The lowest BCUT2D eigenvalue weighted by atomic mass is 10.2. The number of nitrogen functional groups attached to an aromatic ring is 1. The molecule has 0 radical (unpaired) electrons. The molecule has 0 saturated heterocycles. The molecule has 0 aliphatic heterocycles. The number of aromatic nitrogens is 1. The summed E-state index contributed by atoms with van der Waals surface area (Å²) in [6, 6.07) is 4.94. The molecule has 0 unspecified atom stereocenters. The van der Waals surface area contributed by atoms with Gasteiger partial charge in [-0.15, -0.1) is 0 Å². The van der Waals surface area contributed by atoms with E-state index in [1.165, 1.54) is 6.07 Å². The summed E-state index contributed by atoms with van der Waals surface area (Å²) >= 11 is 0. The number of carbonyl (C=O) groups is 1. The summed E-state index contributed by atoms with van der Waals surface area (Å²) in [7, 11) is 0. The maximum absolute atomic E-state index is 10.6. The third kappa shape index (κ3) is 2.20. The number of hydrogen-bond acceptors (Lipinski definition) is 4. The molecule has 5 heteroatoms. The highest BCUT2D eigenvalue weighted by atomic mass is 16.4. The fraction of sp³-hybridized carbons (Fsp3) is 0.222. The van der Waals surface area contributed by atoms with Crippen molar-refractivity contribution in [3.63, 3.8) is 0 Å². The molecule has 0 amide bonds. The third-order valence-electron chi connectivity index (χ3n) is 1.71. The molecule has 1 rings (SSSR count). The average Bonchev–Trinajstić information content (AvgIpc) is 2.14. The molecule has 1 aromatic rings. The van der Waals surface area contributed by atoms with E-state index in [1.807, 2.05) is 6.07 Å². The van der Waals surface area contributed by atoms with Crippen molar-refractivity contribution in [2.45, 2.75) is 12.8 Å². The van der Waals surface area contributed by atoms with Crippen LogP contribution in [0, 0.1) is 11.3 Å². The van der Waals surface area contributed by atoms with Gasteiger partial charge in [0.1, 0.15) is 11.4 Å². The molecule has 14 heavy (non-hydrogen) atoms. The molecule has 72 valence electrons. The molecule has 0 aliphatic rings. The minimum absolute atomic E-state index is 0.00654. The molecule has 0 bridgehead atoms. The molecule has 0 aliphatic carbocycles. The van der Waals surface area contributed by atoms with Crippen LogP contribution in [0.15, 0.2) is 12.1 Å². The number of anilines is 1. The summed E-state index contributed by atoms with van der Waals surface area (Å²) in [5, 5.41) is 17.0. The predicted molar refractivity (Wildman–Crippen MR) is 49.5 cm³/mol. The van der Waals surface area contributed by atoms with Crippen molar-refractivity contribution >= 4 is 11.8 Å². The first-order chi connectivity index (χ1) is 6.65. The second-order valence-electron chi connectivity index (χ2n) is 2.70. The Morgan fingerprint density at radius 2 is 2.36 bits per heavy atom. The van der Waals surface area contributed by atoms with Gasteiger partial charge in [-0.3, -0.25) is 0 Å². The molecule has 0 aromatic carbocycles. The van der Waals surface area contributed by atoms with Gasteiger partial charge in [-0.1, -0.05) is 0 Å². The van der Waals surface area contributed by atoms with Gasteiger partial charge < -0.3 is 10.8 Å². The number of rotatable bonds is 3. The lowest BCUT2D eigenvalue weighted by Crippen LogP contribution is -2.06. The molecule has 1 aromatic heterocycles. The monoisotopic (exact) mass is 191 g/mol. The number of nitrogens with two attached hydrogens (primary N) is 1. The second-order valence-corrected chi connectivity index (χ2v) is 2.70. The van der Waals surface area contributed by atoms with Gasteiger partial charge >= 0.3 is 5.97 Å². The number of hydrogen-bond donors (Lipinski definition) is 2. The minimum Gasteiger partial charge on any atom is -0.478 e. The molecular formula is C9H9N3O2. The fourth-order valence-corrected chi connectivity index (χ4v) is 1.02. The van der Waals surface area contributed by atoms with Gasteiger partial charge in [-0.2, -0.15) is 5.26 Å². The molecule has 0 spiro atoms. The fourth-order valence-electron chi connectivity index (χ4n) is 1.02. The number of nitriles is 1. The number of pyridine rings is 1. The van der Waals surface area contributed by atoms with Crippen LogP contribution in [0.25, 0.3) is 0 Å². The van der Waals surface area contributed by atoms with Gasteiger partial charge in [-0.05, 0) is 12.1 Å². The zero-order valence-electron chi connectivity index (χ0n) is 7.40. The topological polar surface area (TPSA) is 100 Å². The van der Waals surface area contributed by atoms with Crippen molar-refractivity contribution < 1.29 is 9.90 Å². The Bertz CT molecular complexity index is 396. The summed E-state index contributed by atoms with van der Waals surface area (Å²) in [6.45, 7) is 0. The van der Waals surface area contributed by atoms with E-state index in [9.17, 15) is 4.79 Å². The van der Waals surface area contributed by atoms with Crippen molar-refractivity contribution in [2.24, 2.45) is 0 Å². The quantitative estimate of drug-likeness (QED) is 0.736. The van der Waals surface area contributed by atoms with Gasteiger partial charge in [0.25, 0.3) is 0 Å². The number of carboxylic acid groups (broad SMARTS) is 1. The van der Waals surface area contributed by atoms with Gasteiger partial charge in [0.2, 0.25) is 0 Å². The van der Waals surface area contributed by atoms with E-state index in [4.69, 9.17) is 16.1 Å². The highest BCUT2D eigenvalue weighted by molar-refractivity contribution is 5.92. The second kappa shape index (κ2) is 4.23. The Labute approximate surface area is 80.8 Å². The van der Waals surface area contributed by atoms with E-state index in [-0.39, 0.29) is 11.4 Å². The van der Waals surface area contributed by atoms with E-state index in [0.717, 1.165) is 0 Å². The van der Waals surface area contributed by atoms with Crippen LogP contribution in [-0.2, 0) is 6.42 Å². The van der Waals surface area contributed by atoms with Crippen molar-refractivity contribution in [1.29, 1.82) is 5.26 Å².